The van der Waals surface area contributed by atoms with E-state index in [-0.39, 0.29) is 0 Å². The normalized spacial score (nSPS) is 12.1. The quantitative estimate of drug-likeness (QED) is 0.166. The van der Waals surface area contributed by atoms with Crippen LogP contribution in [0.5, 0.6) is 0 Å². The summed E-state index contributed by atoms with van der Waals surface area (Å²) in [5, 5.41) is 7.94. The fourth-order valence-electron chi connectivity index (χ4n) is 10.4. The summed E-state index contributed by atoms with van der Waals surface area (Å²) in [6.07, 6.45) is 0. The molecule has 13 rings (SSSR count). The molecule has 4 heterocycles. The van der Waals surface area contributed by atoms with E-state index in [1.54, 1.807) is 0 Å². The van der Waals surface area contributed by atoms with E-state index in [1.807, 2.05) is 24.3 Å². The number of hydrogen-bond acceptors (Lipinski definition) is 6. The third-order valence-corrected chi connectivity index (χ3v) is 13.5. The Balaban J connectivity index is 1.11. The molecular weight excluding hydrogens is 813 g/mol. The second kappa shape index (κ2) is 14.1. The van der Waals surface area contributed by atoms with Gasteiger partial charge in [0.25, 0.3) is 0 Å². The van der Waals surface area contributed by atoms with Crippen LogP contribution in [0.3, 0.4) is 0 Å². The first-order valence-electron chi connectivity index (χ1n) is 22.6. The molecule has 4 aromatic heterocycles. The zero-order valence-corrected chi connectivity index (χ0v) is 37.5. The van der Waals surface area contributed by atoms with Gasteiger partial charge in [0.1, 0.15) is 33.5 Å². The maximum Gasteiger partial charge on any atom is 0.160 e. The van der Waals surface area contributed by atoms with E-state index < -0.39 is 0 Å². The van der Waals surface area contributed by atoms with Gasteiger partial charge in [-0.2, -0.15) is 0 Å². The Kier molecular flexibility index (Phi) is 8.20. The molecule has 318 valence electrons. The molecule has 0 aliphatic rings. The fourth-order valence-corrected chi connectivity index (χ4v) is 10.4. The van der Waals surface area contributed by atoms with Crippen molar-refractivity contribution in [2.24, 2.45) is 0 Å². The molecular formula is C60H44N2O4. The van der Waals surface area contributed by atoms with E-state index in [9.17, 15) is 0 Å². The Morgan fingerprint density at radius 3 is 1.09 bits per heavy atom. The Labute approximate surface area is 380 Å². The van der Waals surface area contributed by atoms with Gasteiger partial charge in [-0.1, -0.05) is 107 Å². The first-order valence-corrected chi connectivity index (χ1v) is 22.6. The van der Waals surface area contributed by atoms with Gasteiger partial charge in [0.15, 0.2) is 11.2 Å². The van der Waals surface area contributed by atoms with Crippen molar-refractivity contribution in [2.75, 3.05) is 9.80 Å². The maximum atomic E-state index is 7.09. The van der Waals surface area contributed by atoms with Gasteiger partial charge in [0.2, 0.25) is 0 Å². The van der Waals surface area contributed by atoms with Crippen LogP contribution in [-0.2, 0) is 0 Å². The smallest absolute Gasteiger partial charge is 0.160 e. The number of nitrogens with zero attached hydrogens (tertiary/aromatic N) is 2. The highest BCUT2D eigenvalue weighted by molar-refractivity contribution is 6.33. The second-order valence-electron chi connectivity index (χ2n) is 18.1. The van der Waals surface area contributed by atoms with Crippen LogP contribution in [0.25, 0.3) is 87.8 Å². The van der Waals surface area contributed by atoms with Gasteiger partial charge in [-0.15, -0.1) is 0 Å². The van der Waals surface area contributed by atoms with Crippen LogP contribution in [0, 0.1) is 41.5 Å². The average Bonchev–Trinajstić information content (AvgIpc) is 4.08. The highest BCUT2D eigenvalue weighted by Gasteiger charge is 2.29. The largest absolute Gasteiger partial charge is 0.456 e. The van der Waals surface area contributed by atoms with Crippen molar-refractivity contribution in [3.8, 4) is 0 Å². The zero-order valence-electron chi connectivity index (χ0n) is 37.5. The van der Waals surface area contributed by atoms with Gasteiger partial charge in [0, 0.05) is 78.0 Å². The molecule has 0 aliphatic carbocycles. The Bertz CT molecular complexity index is 3860. The van der Waals surface area contributed by atoms with Crippen LogP contribution in [-0.4, -0.2) is 0 Å². The topological polar surface area (TPSA) is 59.0 Å². The Morgan fingerprint density at radius 2 is 0.682 bits per heavy atom. The van der Waals surface area contributed by atoms with Crippen molar-refractivity contribution in [1.82, 2.24) is 0 Å². The molecule has 0 fully saturated rings. The van der Waals surface area contributed by atoms with Crippen LogP contribution in [0.1, 0.15) is 33.4 Å². The van der Waals surface area contributed by atoms with Gasteiger partial charge in [0.05, 0.1) is 11.4 Å². The molecule has 0 saturated heterocycles. The Hall–Kier alpha value is -8.22. The lowest BCUT2D eigenvalue weighted by atomic mass is 10.00. The molecule has 0 radical (unpaired) electrons. The van der Waals surface area contributed by atoms with Gasteiger partial charge in [-0.3, -0.25) is 0 Å². The number of aryl methyl sites for hydroxylation is 6. The molecule has 0 amide bonds. The third-order valence-electron chi connectivity index (χ3n) is 13.5. The van der Waals surface area contributed by atoms with E-state index in [0.29, 0.717) is 0 Å². The molecule has 6 nitrogen and oxygen atoms in total. The van der Waals surface area contributed by atoms with Crippen molar-refractivity contribution < 1.29 is 17.7 Å². The standard InChI is InChI=1S/C60H44N2O4/c1-33-15-21-39(22-16-33)61(45-25-19-35(3)27-37(45)5)47-31-53-55(57-41-11-7-9-13-49(41)65-59(47)57)43-29-52-44(30-51(43)63-53)56-54(64-52)32-48(60-58(56)42-12-8-10-14-50(42)66-60)62(40-23-17-34(2)18-24-40)46-26-20-36(4)28-38(46)6/h7-32H,1-6H3. The van der Waals surface area contributed by atoms with Crippen LogP contribution < -0.4 is 9.80 Å². The summed E-state index contributed by atoms with van der Waals surface area (Å²) in [5.74, 6) is 0. The lowest BCUT2D eigenvalue weighted by Crippen LogP contribution is -2.12. The third kappa shape index (κ3) is 5.67. The number of para-hydroxylation sites is 2. The molecule has 0 aliphatic heterocycles. The summed E-state index contributed by atoms with van der Waals surface area (Å²) in [7, 11) is 0. The number of fused-ring (bicyclic) bond motifs is 14. The van der Waals surface area contributed by atoms with Crippen LogP contribution in [0.15, 0.2) is 175 Å². The molecule has 0 N–H and O–H groups in total. The minimum atomic E-state index is 0.763. The molecule has 0 unspecified atom stereocenters. The van der Waals surface area contributed by atoms with Gasteiger partial charge >= 0.3 is 0 Å². The predicted octanol–water partition coefficient (Wildman–Crippen LogP) is 18.1. The predicted molar refractivity (Wildman–Crippen MR) is 273 cm³/mol. The Morgan fingerprint density at radius 1 is 0.288 bits per heavy atom. The molecule has 9 aromatic carbocycles. The van der Waals surface area contributed by atoms with Crippen molar-refractivity contribution in [3.63, 3.8) is 0 Å². The van der Waals surface area contributed by atoms with E-state index in [0.717, 1.165) is 133 Å². The summed E-state index contributed by atoms with van der Waals surface area (Å²) in [6, 6.07) is 55.8. The van der Waals surface area contributed by atoms with E-state index in [4.69, 9.17) is 17.7 Å². The molecule has 0 atom stereocenters. The van der Waals surface area contributed by atoms with Gasteiger partial charge in [-0.05, 0) is 113 Å². The highest BCUT2D eigenvalue weighted by atomic mass is 16.3. The van der Waals surface area contributed by atoms with Crippen molar-refractivity contribution in [2.45, 2.75) is 41.5 Å². The minimum Gasteiger partial charge on any atom is -0.456 e. The second-order valence-corrected chi connectivity index (χ2v) is 18.1. The van der Waals surface area contributed by atoms with Crippen molar-refractivity contribution >= 4 is 122 Å². The maximum absolute atomic E-state index is 7.09. The first-order chi connectivity index (χ1) is 32.2. The SMILES string of the molecule is Cc1ccc(N(c2ccc(C)cc2C)c2cc3oc4cc5c(cc4c3c3c2oc2ccccc23)oc2cc(N(c3ccc(C)cc3)c3ccc(C)cc3C)c3oc4ccccc4c3c25)cc1. The van der Waals surface area contributed by atoms with Crippen molar-refractivity contribution in [1.29, 1.82) is 0 Å². The van der Waals surface area contributed by atoms with Gasteiger partial charge in [-0.25, -0.2) is 0 Å². The summed E-state index contributed by atoms with van der Waals surface area (Å²) in [6.45, 7) is 12.9. The zero-order chi connectivity index (χ0) is 44.5. The number of furan rings is 4. The average molecular weight is 857 g/mol. The molecule has 0 spiro atoms. The molecule has 0 saturated carbocycles. The lowest BCUT2D eigenvalue weighted by molar-refractivity contribution is 0.660. The molecule has 13 aromatic rings. The summed E-state index contributed by atoms with van der Waals surface area (Å²) < 4.78 is 28.1. The van der Waals surface area contributed by atoms with E-state index in [1.165, 1.54) is 22.3 Å². The van der Waals surface area contributed by atoms with E-state index in [2.05, 4.69) is 185 Å². The first kappa shape index (κ1) is 38.3. The number of benzene rings is 9. The highest BCUT2D eigenvalue weighted by Crippen LogP contribution is 2.52. The fraction of sp³-hybridized carbons (Fsp3) is 0.100. The summed E-state index contributed by atoms with van der Waals surface area (Å²) >= 11 is 0. The van der Waals surface area contributed by atoms with Crippen LogP contribution in [0.2, 0.25) is 0 Å². The van der Waals surface area contributed by atoms with Crippen LogP contribution in [0.4, 0.5) is 34.1 Å². The monoisotopic (exact) mass is 856 g/mol. The summed E-state index contributed by atoms with van der Waals surface area (Å²) in [5.41, 5.74) is 19.4. The summed E-state index contributed by atoms with van der Waals surface area (Å²) in [4.78, 5) is 4.61. The number of hydrogen-bond donors (Lipinski definition) is 0. The van der Waals surface area contributed by atoms with Crippen LogP contribution >= 0.6 is 0 Å². The van der Waals surface area contributed by atoms with Crippen molar-refractivity contribution in [3.05, 3.63) is 191 Å². The molecule has 6 heteroatoms. The lowest BCUT2D eigenvalue weighted by Gasteiger charge is -2.27. The van der Waals surface area contributed by atoms with E-state index >= 15 is 0 Å². The molecule has 0 bridgehead atoms. The number of anilines is 6. The number of rotatable bonds is 6. The molecule has 66 heavy (non-hydrogen) atoms. The minimum absolute atomic E-state index is 0.763. The van der Waals surface area contributed by atoms with Gasteiger partial charge < -0.3 is 27.5 Å².